The Morgan fingerprint density at radius 2 is 1.95 bits per heavy atom. The summed E-state index contributed by atoms with van der Waals surface area (Å²) in [6, 6.07) is 7.70. The third kappa shape index (κ3) is 3.97. The van der Waals surface area contributed by atoms with E-state index >= 15 is 0 Å². The average Bonchev–Trinajstić information content (AvgIpc) is 2.46. The molecule has 1 aliphatic carbocycles. The first-order valence-corrected chi connectivity index (χ1v) is 7.36. The molecule has 4 heteroatoms. The highest BCUT2D eigenvalue weighted by Crippen LogP contribution is 2.36. The first-order valence-electron chi connectivity index (χ1n) is 7.36. The van der Waals surface area contributed by atoms with Crippen molar-refractivity contribution in [3.8, 4) is 0 Å². The first kappa shape index (κ1) is 14.9. The van der Waals surface area contributed by atoms with E-state index in [4.69, 9.17) is 0 Å². The van der Waals surface area contributed by atoms with Gasteiger partial charge in [0.15, 0.2) is 0 Å². The van der Waals surface area contributed by atoms with Gasteiger partial charge in [-0.2, -0.15) is 0 Å². The lowest BCUT2D eigenvalue weighted by atomic mass is 9.74. The molecule has 0 heterocycles. The van der Waals surface area contributed by atoms with Crippen LogP contribution >= 0.6 is 0 Å². The predicted octanol–water partition coefficient (Wildman–Crippen LogP) is 3.00. The van der Waals surface area contributed by atoms with Gasteiger partial charge in [-0.05, 0) is 31.0 Å². The molecule has 0 aliphatic heterocycles. The zero-order chi connectivity index (χ0) is 14.4. The molecule has 0 aromatic heterocycles. The Bertz CT molecular complexity index is 454. The highest BCUT2D eigenvalue weighted by molar-refractivity contribution is 5.89. The lowest BCUT2D eigenvalue weighted by Gasteiger charge is -2.36. The van der Waals surface area contributed by atoms with E-state index in [0.29, 0.717) is 0 Å². The van der Waals surface area contributed by atoms with Gasteiger partial charge in [-0.15, -0.1) is 0 Å². The van der Waals surface area contributed by atoms with E-state index in [1.807, 2.05) is 24.3 Å². The fourth-order valence-electron chi connectivity index (χ4n) is 2.89. The minimum atomic E-state index is -0.0683. The molecular weight excluding hydrogens is 252 g/mol. The van der Waals surface area contributed by atoms with Crippen LogP contribution in [0, 0.1) is 5.41 Å². The van der Waals surface area contributed by atoms with Crippen LogP contribution in [0.4, 0.5) is 11.4 Å². The molecule has 0 radical (unpaired) electrons. The number of hydrogen-bond acceptors (Lipinski definition) is 3. The maximum atomic E-state index is 11.1. The lowest BCUT2D eigenvalue weighted by molar-refractivity contribution is -0.114. The number of hydrogen-bond donors (Lipinski definition) is 3. The zero-order valence-corrected chi connectivity index (χ0v) is 12.1. The molecule has 0 spiro atoms. The zero-order valence-electron chi connectivity index (χ0n) is 12.1. The van der Waals surface area contributed by atoms with Crippen LogP contribution in [0.15, 0.2) is 24.3 Å². The SMILES string of the molecule is CC(=O)Nc1cccc(NCC2(CO)CCCCC2)c1. The summed E-state index contributed by atoms with van der Waals surface area (Å²) in [5.74, 6) is -0.0683. The van der Waals surface area contributed by atoms with Gasteiger partial charge < -0.3 is 15.7 Å². The molecule has 1 fully saturated rings. The van der Waals surface area contributed by atoms with Crippen LogP contribution in [-0.4, -0.2) is 24.2 Å². The fraction of sp³-hybridized carbons (Fsp3) is 0.562. The molecule has 0 unspecified atom stereocenters. The quantitative estimate of drug-likeness (QED) is 0.774. The Balaban J connectivity index is 1.97. The third-order valence-electron chi connectivity index (χ3n) is 4.10. The number of anilines is 2. The number of carbonyl (C=O) groups is 1. The van der Waals surface area contributed by atoms with Gasteiger partial charge in [-0.25, -0.2) is 0 Å². The third-order valence-corrected chi connectivity index (χ3v) is 4.10. The number of rotatable bonds is 5. The number of aliphatic hydroxyl groups excluding tert-OH is 1. The van der Waals surface area contributed by atoms with Crippen LogP contribution in [0.2, 0.25) is 0 Å². The first-order chi connectivity index (χ1) is 9.63. The molecular formula is C16H24N2O2. The van der Waals surface area contributed by atoms with Gasteiger partial charge in [0.1, 0.15) is 0 Å². The summed E-state index contributed by atoms with van der Waals surface area (Å²) in [6.45, 7) is 2.53. The molecule has 1 amide bonds. The summed E-state index contributed by atoms with van der Waals surface area (Å²) in [5.41, 5.74) is 1.79. The van der Waals surface area contributed by atoms with Crippen molar-refractivity contribution in [1.29, 1.82) is 0 Å². The Hall–Kier alpha value is -1.55. The molecule has 0 atom stereocenters. The molecule has 1 aromatic rings. The Morgan fingerprint density at radius 3 is 2.60 bits per heavy atom. The van der Waals surface area contributed by atoms with Crippen molar-refractivity contribution in [1.82, 2.24) is 0 Å². The summed E-state index contributed by atoms with van der Waals surface area (Å²) in [7, 11) is 0. The molecule has 0 saturated heterocycles. The van der Waals surface area contributed by atoms with Gasteiger partial charge in [0, 0.05) is 30.3 Å². The van der Waals surface area contributed by atoms with Gasteiger partial charge in [-0.1, -0.05) is 25.3 Å². The van der Waals surface area contributed by atoms with Gasteiger partial charge in [0.05, 0.1) is 6.61 Å². The Labute approximate surface area is 120 Å². The second-order valence-electron chi connectivity index (χ2n) is 5.83. The smallest absolute Gasteiger partial charge is 0.221 e. The number of aliphatic hydroxyl groups is 1. The summed E-state index contributed by atoms with van der Waals surface area (Å²) in [6.07, 6.45) is 5.85. The topological polar surface area (TPSA) is 61.4 Å². The van der Waals surface area contributed by atoms with Gasteiger partial charge >= 0.3 is 0 Å². The number of benzene rings is 1. The van der Waals surface area contributed by atoms with E-state index < -0.39 is 0 Å². The van der Waals surface area contributed by atoms with Crippen LogP contribution in [0.25, 0.3) is 0 Å². The van der Waals surface area contributed by atoms with Crippen LogP contribution in [0.5, 0.6) is 0 Å². The maximum Gasteiger partial charge on any atom is 0.221 e. The average molecular weight is 276 g/mol. The lowest BCUT2D eigenvalue weighted by Crippen LogP contribution is -2.35. The molecule has 4 nitrogen and oxygen atoms in total. The van der Waals surface area contributed by atoms with E-state index in [1.54, 1.807) is 0 Å². The molecule has 110 valence electrons. The number of carbonyl (C=O) groups excluding carboxylic acids is 1. The molecule has 2 rings (SSSR count). The number of amides is 1. The second kappa shape index (κ2) is 6.75. The molecule has 1 aromatic carbocycles. The molecule has 1 aliphatic rings. The highest BCUT2D eigenvalue weighted by atomic mass is 16.3. The van der Waals surface area contributed by atoms with E-state index in [9.17, 15) is 9.90 Å². The highest BCUT2D eigenvalue weighted by Gasteiger charge is 2.31. The minimum Gasteiger partial charge on any atom is -0.396 e. The van der Waals surface area contributed by atoms with Gasteiger partial charge in [0.2, 0.25) is 5.91 Å². The molecule has 20 heavy (non-hydrogen) atoms. The van der Waals surface area contributed by atoms with Crippen molar-refractivity contribution in [3.63, 3.8) is 0 Å². The fourth-order valence-corrected chi connectivity index (χ4v) is 2.89. The minimum absolute atomic E-state index is 0.0161. The predicted molar refractivity (Wildman–Crippen MR) is 81.8 cm³/mol. The van der Waals surface area contributed by atoms with E-state index in [0.717, 1.165) is 30.8 Å². The van der Waals surface area contributed by atoms with Gasteiger partial charge in [0.25, 0.3) is 0 Å². The Morgan fingerprint density at radius 1 is 1.25 bits per heavy atom. The summed E-state index contributed by atoms with van der Waals surface area (Å²) >= 11 is 0. The number of nitrogens with one attached hydrogen (secondary N) is 2. The summed E-state index contributed by atoms with van der Waals surface area (Å²) < 4.78 is 0. The van der Waals surface area contributed by atoms with E-state index in [1.165, 1.54) is 26.2 Å². The van der Waals surface area contributed by atoms with Crippen molar-refractivity contribution in [2.24, 2.45) is 5.41 Å². The second-order valence-corrected chi connectivity index (χ2v) is 5.83. The van der Waals surface area contributed by atoms with E-state index in [2.05, 4.69) is 10.6 Å². The summed E-state index contributed by atoms with van der Waals surface area (Å²) in [4.78, 5) is 11.1. The summed E-state index contributed by atoms with van der Waals surface area (Å²) in [5, 5.41) is 15.9. The maximum absolute atomic E-state index is 11.1. The monoisotopic (exact) mass is 276 g/mol. The standard InChI is InChI=1S/C16H24N2O2/c1-13(20)18-15-7-5-6-14(10-15)17-11-16(12-19)8-3-2-4-9-16/h5-7,10,17,19H,2-4,8-9,11-12H2,1H3,(H,18,20). The van der Waals surface area contributed by atoms with Crippen molar-refractivity contribution >= 4 is 17.3 Å². The van der Waals surface area contributed by atoms with Crippen LogP contribution < -0.4 is 10.6 Å². The molecule has 3 N–H and O–H groups in total. The molecule has 0 bridgehead atoms. The van der Waals surface area contributed by atoms with Crippen molar-refractivity contribution in [3.05, 3.63) is 24.3 Å². The molecule has 1 saturated carbocycles. The van der Waals surface area contributed by atoms with Crippen molar-refractivity contribution < 1.29 is 9.90 Å². The largest absolute Gasteiger partial charge is 0.396 e. The van der Waals surface area contributed by atoms with E-state index in [-0.39, 0.29) is 17.9 Å². The van der Waals surface area contributed by atoms with Gasteiger partial charge in [-0.3, -0.25) is 4.79 Å². The normalized spacial score (nSPS) is 17.5. The van der Waals surface area contributed by atoms with Crippen molar-refractivity contribution in [2.75, 3.05) is 23.8 Å². The van der Waals surface area contributed by atoms with Crippen LogP contribution in [0.1, 0.15) is 39.0 Å². The van der Waals surface area contributed by atoms with Crippen molar-refractivity contribution in [2.45, 2.75) is 39.0 Å². The Kier molecular flexibility index (Phi) is 5.01. The van der Waals surface area contributed by atoms with Crippen LogP contribution in [-0.2, 0) is 4.79 Å². The van der Waals surface area contributed by atoms with Crippen LogP contribution in [0.3, 0.4) is 0 Å².